The summed E-state index contributed by atoms with van der Waals surface area (Å²) in [6.07, 6.45) is -4.53. The number of phenols is 2. The van der Waals surface area contributed by atoms with E-state index in [-0.39, 0.29) is 40.8 Å². The van der Waals surface area contributed by atoms with E-state index in [4.69, 9.17) is 20.9 Å². The molecule has 0 saturated carbocycles. The van der Waals surface area contributed by atoms with Gasteiger partial charge in [-0.1, -0.05) is 12.1 Å². The fourth-order valence-electron chi connectivity index (χ4n) is 5.55. The Balaban J connectivity index is 1.68. The number of anilines is 1. The predicted molar refractivity (Wildman–Crippen MR) is 128 cm³/mol. The van der Waals surface area contributed by atoms with E-state index in [1.165, 1.54) is 25.1 Å². The second-order valence-electron chi connectivity index (χ2n) is 10.0. The molecule has 2 unspecified atom stereocenters. The number of hydrogen-bond acceptors (Lipinski definition) is 11. The summed E-state index contributed by atoms with van der Waals surface area (Å²) in [4.78, 5) is 39.3. The fourth-order valence-corrected chi connectivity index (χ4v) is 5.55. The van der Waals surface area contributed by atoms with Crippen LogP contribution in [0.2, 0.25) is 0 Å². The number of Topliss-reactive ketones (excluding diaryl/α,β-unsaturated/α-hetero) is 1. The minimum atomic E-state index is -2.00. The van der Waals surface area contributed by atoms with Crippen molar-refractivity contribution in [2.75, 3.05) is 5.73 Å². The molecule has 0 amide bonds. The molecule has 2 aromatic rings. The molecule has 5 rings (SSSR count). The summed E-state index contributed by atoms with van der Waals surface area (Å²) in [7, 11) is 0. The largest absolute Gasteiger partial charge is 0.507 e. The third-order valence-corrected chi connectivity index (χ3v) is 7.65. The van der Waals surface area contributed by atoms with E-state index < -0.39 is 82.6 Å². The zero-order valence-corrected chi connectivity index (χ0v) is 20.2. The average molecular weight is 513 g/mol. The molecule has 1 heterocycles. The van der Waals surface area contributed by atoms with Crippen molar-refractivity contribution in [2.45, 2.75) is 69.4 Å². The SMILES string of the molecule is CC(=O)[C@]1(O)Cc2c(O)c3c(c(O)c2[C@@H](OC2CC(N)[C@H](O)[C@H](C)O2)C1)C(=O)c1c(N)cccc1C3=O. The standard InChI is InChI=1S/C26H28N2O9/c1-9-21(30)14(28)6-16(36-9)37-15-8-26(35,10(2)29)7-12-18(15)25(34)20-19(23(12)32)22(31)11-4-3-5-13(27)17(11)24(20)33/h3-5,9,14-16,21,30,32,34-35H,6-8,27-28H2,1-2H3/t9-,14?,15-,16?,21+,26-/m0/s1. The number of ketones is 3. The number of carbonyl (C=O) groups is 3. The molecule has 37 heavy (non-hydrogen) atoms. The number of ether oxygens (including phenoxy) is 2. The summed E-state index contributed by atoms with van der Waals surface area (Å²) >= 11 is 0. The van der Waals surface area contributed by atoms with Gasteiger partial charge < -0.3 is 41.4 Å². The molecule has 0 aromatic heterocycles. The number of nitrogens with two attached hydrogens (primary N) is 2. The summed E-state index contributed by atoms with van der Waals surface area (Å²) in [6.45, 7) is 2.78. The zero-order valence-electron chi connectivity index (χ0n) is 20.2. The van der Waals surface area contributed by atoms with Gasteiger partial charge in [0.05, 0.1) is 35.0 Å². The predicted octanol–water partition coefficient (Wildman–Crippen LogP) is 0.602. The first-order chi connectivity index (χ1) is 17.4. The summed E-state index contributed by atoms with van der Waals surface area (Å²) in [5, 5.41) is 43.9. The van der Waals surface area contributed by atoms with Crippen LogP contribution in [0, 0.1) is 0 Å². The minimum Gasteiger partial charge on any atom is -0.507 e. The van der Waals surface area contributed by atoms with Crippen LogP contribution >= 0.6 is 0 Å². The van der Waals surface area contributed by atoms with Crippen LogP contribution in [0.4, 0.5) is 5.69 Å². The van der Waals surface area contributed by atoms with Crippen molar-refractivity contribution in [2.24, 2.45) is 5.73 Å². The highest BCUT2D eigenvalue weighted by atomic mass is 16.7. The van der Waals surface area contributed by atoms with Gasteiger partial charge in [0, 0.05) is 47.7 Å². The van der Waals surface area contributed by atoms with Crippen molar-refractivity contribution < 1.29 is 44.3 Å². The van der Waals surface area contributed by atoms with Gasteiger partial charge in [-0.05, 0) is 19.9 Å². The van der Waals surface area contributed by atoms with Gasteiger partial charge in [-0.2, -0.15) is 0 Å². The van der Waals surface area contributed by atoms with Gasteiger partial charge in [0.1, 0.15) is 17.1 Å². The number of aliphatic hydroxyl groups excluding tert-OH is 1. The van der Waals surface area contributed by atoms with E-state index in [9.17, 15) is 34.8 Å². The van der Waals surface area contributed by atoms with Gasteiger partial charge in [-0.3, -0.25) is 14.4 Å². The van der Waals surface area contributed by atoms with Crippen LogP contribution in [-0.4, -0.2) is 67.9 Å². The highest BCUT2D eigenvalue weighted by Crippen LogP contribution is 2.52. The summed E-state index contributed by atoms with van der Waals surface area (Å²) in [6, 6.07) is 3.64. The molecule has 2 aliphatic carbocycles. The second kappa shape index (κ2) is 8.61. The Hall–Kier alpha value is -3.35. The maximum atomic E-state index is 13.5. The van der Waals surface area contributed by atoms with Gasteiger partial charge in [-0.25, -0.2) is 0 Å². The molecular weight excluding hydrogens is 484 g/mol. The second-order valence-corrected chi connectivity index (χ2v) is 10.0. The molecule has 0 spiro atoms. The van der Waals surface area contributed by atoms with Crippen LogP contribution in [0.25, 0.3) is 0 Å². The molecule has 6 atom stereocenters. The Labute approximate surface area is 211 Å². The molecule has 1 aliphatic heterocycles. The molecule has 11 nitrogen and oxygen atoms in total. The van der Waals surface area contributed by atoms with Crippen LogP contribution in [0.15, 0.2) is 18.2 Å². The van der Waals surface area contributed by atoms with Crippen molar-refractivity contribution in [1.29, 1.82) is 0 Å². The Morgan fingerprint density at radius 2 is 1.81 bits per heavy atom. The van der Waals surface area contributed by atoms with Gasteiger partial charge >= 0.3 is 0 Å². The number of carbonyl (C=O) groups excluding carboxylic acids is 3. The number of fused-ring (bicyclic) bond motifs is 3. The Morgan fingerprint density at radius 3 is 2.46 bits per heavy atom. The van der Waals surface area contributed by atoms with E-state index in [1.54, 1.807) is 6.92 Å². The number of hydrogen-bond donors (Lipinski definition) is 6. The lowest BCUT2D eigenvalue weighted by atomic mass is 9.72. The quantitative estimate of drug-likeness (QED) is 0.212. The fraction of sp³-hybridized carbons (Fsp3) is 0.423. The normalized spacial score (nSPS) is 30.9. The third-order valence-electron chi connectivity index (χ3n) is 7.65. The topological polar surface area (TPSA) is 203 Å². The molecule has 11 heteroatoms. The summed E-state index contributed by atoms with van der Waals surface area (Å²) in [5.41, 5.74) is 8.89. The van der Waals surface area contributed by atoms with Crippen molar-refractivity contribution in [3.63, 3.8) is 0 Å². The van der Waals surface area contributed by atoms with E-state index in [0.29, 0.717) is 0 Å². The molecule has 196 valence electrons. The highest BCUT2D eigenvalue weighted by molar-refractivity contribution is 6.32. The molecule has 0 radical (unpaired) electrons. The Bertz CT molecular complexity index is 1340. The van der Waals surface area contributed by atoms with Gasteiger partial charge in [-0.15, -0.1) is 0 Å². The van der Waals surface area contributed by atoms with Crippen molar-refractivity contribution >= 4 is 23.0 Å². The third kappa shape index (κ3) is 3.73. The number of aliphatic hydroxyl groups is 2. The molecule has 1 saturated heterocycles. The van der Waals surface area contributed by atoms with Crippen LogP contribution in [0.3, 0.4) is 0 Å². The lowest BCUT2D eigenvalue weighted by Gasteiger charge is -2.42. The molecule has 2 aromatic carbocycles. The lowest BCUT2D eigenvalue weighted by Crippen LogP contribution is -2.52. The number of phenolic OH excluding ortho intramolecular Hbond substituents is 2. The lowest BCUT2D eigenvalue weighted by molar-refractivity contribution is -0.247. The van der Waals surface area contributed by atoms with Gasteiger partial charge in [0.25, 0.3) is 0 Å². The first-order valence-corrected chi connectivity index (χ1v) is 11.9. The molecule has 3 aliphatic rings. The van der Waals surface area contributed by atoms with Gasteiger partial charge in [0.2, 0.25) is 0 Å². The first-order valence-electron chi connectivity index (χ1n) is 11.9. The summed E-state index contributed by atoms with van der Waals surface area (Å²) in [5.74, 6) is -3.34. The summed E-state index contributed by atoms with van der Waals surface area (Å²) < 4.78 is 11.8. The minimum absolute atomic E-state index is 0.0327. The van der Waals surface area contributed by atoms with Gasteiger partial charge in [0.15, 0.2) is 23.6 Å². The van der Waals surface area contributed by atoms with Crippen molar-refractivity contribution in [3.8, 4) is 11.5 Å². The maximum absolute atomic E-state index is 13.5. The highest BCUT2D eigenvalue weighted by Gasteiger charge is 2.49. The van der Waals surface area contributed by atoms with Crippen LogP contribution in [0.1, 0.15) is 75.8 Å². The maximum Gasteiger partial charge on any atom is 0.200 e. The molecule has 0 bridgehead atoms. The molecule has 1 fully saturated rings. The average Bonchev–Trinajstić information content (AvgIpc) is 2.82. The van der Waals surface area contributed by atoms with Crippen molar-refractivity contribution in [3.05, 3.63) is 51.6 Å². The van der Waals surface area contributed by atoms with Crippen LogP contribution in [0.5, 0.6) is 11.5 Å². The van der Waals surface area contributed by atoms with Crippen molar-refractivity contribution in [1.82, 2.24) is 0 Å². The van der Waals surface area contributed by atoms with Crippen LogP contribution in [-0.2, 0) is 20.7 Å². The number of benzene rings is 2. The number of aromatic hydroxyl groups is 2. The van der Waals surface area contributed by atoms with E-state index >= 15 is 0 Å². The molecular formula is C26H28N2O9. The van der Waals surface area contributed by atoms with E-state index in [0.717, 1.165) is 0 Å². The Kier molecular flexibility index (Phi) is 5.89. The smallest absolute Gasteiger partial charge is 0.200 e. The first kappa shape index (κ1) is 25.3. The monoisotopic (exact) mass is 512 g/mol. The number of nitrogen functional groups attached to an aromatic ring is 1. The van der Waals surface area contributed by atoms with E-state index in [2.05, 4.69) is 0 Å². The zero-order chi connectivity index (χ0) is 27.0. The molecule has 8 N–H and O–H groups in total. The van der Waals surface area contributed by atoms with Crippen LogP contribution < -0.4 is 11.5 Å². The Morgan fingerprint density at radius 1 is 1.14 bits per heavy atom. The number of rotatable bonds is 3. The van der Waals surface area contributed by atoms with E-state index in [1.807, 2.05) is 0 Å².